The Labute approximate surface area is 158 Å². The number of hydrogen-bond donors (Lipinski definition) is 3. The molecule has 1 heterocycles. The average molecular weight is 388 g/mol. The molecule has 1 aromatic heterocycles. The van der Waals surface area contributed by atoms with Crippen molar-refractivity contribution in [3.8, 4) is 0 Å². The van der Waals surface area contributed by atoms with E-state index < -0.39 is 11.3 Å². The number of aryl methyl sites for hydroxylation is 1. The van der Waals surface area contributed by atoms with Crippen molar-refractivity contribution in [3.63, 3.8) is 0 Å². The summed E-state index contributed by atoms with van der Waals surface area (Å²) in [6.45, 7) is 0. The standard InChI is InChI=1S/C17H33N5O3S/c23-17(20-26(24)25)15-13-11-9-7-5-3-1-2-4-6-8-10-12-14-16-18-21-22-19-16/h1-15H2,(H,20,23)(H,24,25)(H,18,19,21,22). The predicted molar refractivity (Wildman–Crippen MR) is 101 cm³/mol. The number of unbranched alkanes of at least 4 members (excludes halogenated alkanes) is 12. The molecule has 9 heteroatoms. The van der Waals surface area contributed by atoms with Crippen LogP contribution in [0.15, 0.2) is 0 Å². The van der Waals surface area contributed by atoms with E-state index in [1.54, 1.807) is 0 Å². The third kappa shape index (κ3) is 13.9. The third-order valence-corrected chi connectivity index (χ3v) is 4.80. The molecule has 1 aromatic rings. The van der Waals surface area contributed by atoms with Gasteiger partial charge < -0.3 is 0 Å². The molecule has 0 radical (unpaired) electrons. The Kier molecular flexibility index (Phi) is 13.8. The van der Waals surface area contributed by atoms with Crippen LogP contribution in [-0.4, -0.2) is 35.3 Å². The van der Waals surface area contributed by atoms with Gasteiger partial charge in [-0.25, -0.2) is 4.21 Å². The largest absolute Gasteiger partial charge is 0.289 e. The van der Waals surface area contributed by atoms with Gasteiger partial charge in [-0.15, -0.1) is 10.2 Å². The molecule has 1 rings (SSSR count). The van der Waals surface area contributed by atoms with Gasteiger partial charge >= 0.3 is 0 Å². The molecular formula is C17H33N5O3S. The van der Waals surface area contributed by atoms with Gasteiger partial charge in [-0.1, -0.05) is 75.8 Å². The molecule has 0 spiro atoms. The number of nitrogens with one attached hydrogen (secondary N) is 2. The maximum absolute atomic E-state index is 11.2. The van der Waals surface area contributed by atoms with E-state index in [1.165, 1.54) is 57.8 Å². The Morgan fingerprint density at radius 3 is 1.85 bits per heavy atom. The zero-order valence-electron chi connectivity index (χ0n) is 15.6. The summed E-state index contributed by atoms with van der Waals surface area (Å²) in [6.07, 6.45) is 16.9. The van der Waals surface area contributed by atoms with E-state index in [4.69, 9.17) is 4.55 Å². The average Bonchev–Trinajstić information content (AvgIpc) is 3.11. The molecule has 1 amide bonds. The zero-order valence-corrected chi connectivity index (χ0v) is 16.4. The van der Waals surface area contributed by atoms with Crippen LogP contribution in [0.4, 0.5) is 0 Å². The number of nitrogens with zero attached hydrogens (tertiary/aromatic N) is 3. The van der Waals surface area contributed by atoms with Gasteiger partial charge in [-0.3, -0.25) is 14.1 Å². The van der Waals surface area contributed by atoms with Gasteiger partial charge in [0.25, 0.3) is 11.3 Å². The second kappa shape index (κ2) is 15.9. The van der Waals surface area contributed by atoms with Gasteiger partial charge in [0.15, 0.2) is 5.82 Å². The molecule has 1 atom stereocenters. The first kappa shape index (κ1) is 22.7. The van der Waals surface area contributed by atoms with Crippen LogP contribution >= 0.6 is 0 Å². The highest BCUT2D eigenvalue weighted by Gasteiger charge is 2.03. The summed E-state index contributed by atoms with van der Waals surface area (Å²) in [4.78, 5) is 11.2. The number of hydrogen-bond acceptors (Lipinski definition) is 5. The summed E-state index contributed by atoms with van der Waals surface area (Å²) < 4.78 is 20.9. The summed E-state index contributed by atoms with van der Waals surface area (Å²) in [5.41, 5.74) is 0. The lowest BCUT2D eigenvalue weighted by atomic mass is 10.0. The van der Waals surface area contributed by atoms with Crippen molar-refractivity contribution < 1.29 is 13.6 Å². The summed E-state index contributed by atoms with van der Waals surface area (Å²) in [5.74, 6) is 0.468. The molecule has 0 saturated heterocycles. The smallest absolute Gasteiger partial charge is 0.261 e. The lowest BCUT2D eigenvalue weighted by molar-refractivity contribution is -0.119. The molecule has 0 aliphatic heterocycles. The maximum atomic E-state index is 11.2. The Bertz CT molecular complexity index is 485. The lowest BCUT2D eigenvalue weighted by Gasteiger charge is -2.03. The molecule has 0 aliphatic rings. The fraction of sp³-hybridized carbons (Fsp3) is 0.882. The van der Waals surface area contributed by atoms with Crippen LogP contribution in [0.3, 0.4) is 0 Å². The Hall–Kier alpha value is -1.35. The molecule has 3 N–H and O–H groups in total. The Balaban J connectivity index is 1.72. The van der Waals surface area contributed by atoms with Crippen LogP contribution in [-0.2, 0) is 22.5 Å². The highest BCUT2D eigenvalue weighted by atomic mass is 32.2. The van der Waals surface area contributed by atoms with E-state index in [9.17, 15) is 9.00 Å². The number of amides is 1. The number of carbonyl (C=O) groups is 1. The molecule has 0 fully saturated rings. The van der Waals surface area contributed by atoms with Gasteiger partial charge in [-0.05, 0) is 12.8 Å². The molecule has 0 saturated carbocycles. The molecule has 0 aromatic carbocycles. The van der Waals surface area contributed by atoms with Crippen LogP contribution in [0, 0.1) is 0 Å². The molecular weight excluding hydrogens is 354 g/mol. The van der Waals surface area contributed by atoms with Gasteiger partial charge in [0.05, 0.1) is 0 Å². The number of aromatic nitrogens is 4. The minimum absolute atomic E-state index is 0.335. The SMILES string of the molecule is O=C(CCCCCCCCCCCCCCCc1nn[nH]n1)NS(=O)O. The Morgan fingerprint density at radius 2 is 1.38 bits per heavy atom. The lowest BCUT2D eigenvalue weighted by Crippen LogP contribution is -2.24. The predicted octanol–water partition coefficient (Wildman–Crippen LogP) is 3.46. The van der Waals surface area contributed by atoms with E-state index in [-0.39, 0.29) is 5.91 Å². The van der Waals surface area contributed by atoms with Gasteiger partial charge in [0.1, 0.15) is 0 Å². The van der Waals surface area contributed by atoms with E-state index in [0.717, 1.165) is 37.9 Å². The Morgan fingerprint density at radius 1 is 0.885 bits per heavy atom. The molecule has 0 aliphatic carbocycles. The van der Waals surface area contributed by atoms with Crippen molar-refractivity contribution >= 4 is 17.2 Å². The van der Waals surface area contributed by atoms with Crippen molar-refractivity contribution in [2.75, 3.05) is 0 Å². The van der Waals surface area contributed by atoms with Gasteiger partial charge in [0.2, 0.25) is 5.91 Å². The normalized spacial score (nSPS) is 12.2. The van der Waals surface area contributed by atoms with Crippen LogP contribution in [0.5, 0.6) is 0 Å². The zero-order chi connectivity index (χ0) is 18.9. The number of tetrazole rings is 1. The minimum Gasteiger partial charge on any atom is -0.289 e. The van der Waals surface area contributed by atoms with Crippen molar-refractivity contribution in [2.24, 2.45) is 0 Å². The van der Waals surface area contributed by atoms with Gasteiger partial charge in [-0.2, -0.15) is 5.21 Å². The summed E-state index contributed by atoms with van der Waals surface area (Å²) in [7, 11) is 0. The first-order valence-electron chi connectivity index (χ1n) is 9.81. The van der Waals surface area contributed by atoms with Crippen molar-refractivity contribution in [1.82, 2.24) is 25.3 Å². The monoisotopic (exact) mass is 387 g/mol. The van der Waals surface area contributed by atoms with E-state index in [2.05, 4.69) is 20.6 Å². The van der Waals surface area contributed by atoms with Crippen molar-refractivity contribution in [1.29, 1.82) is 0 Å². The topological polar surface area (TPSA) is 121 Å². The first-order valence-corrected chi connectivity index (χ1v) is 10.9. The summed E-state index contributed by atoms with van der Waals surface area (Å²) in [6, 6.07) is 0. The van der Waals surface area contributed by atoms with Crippen molar-refractivity contribution in [2.45, 2.75) is 96.3 Å². The molecule has 150 valence electrons. The second-order valence-electron chi connectivity index (χ2n) is 6.70. The van der Waals surface area contributed by atoms with Crippen LogP contribution in [0.2, 0.25) is 0 Å². The van der Waals surface area contributed by atoms with E-state index >= 15 is 0 Å². The quantitative estimate of drug-likeness (QED) is 0.278. The first-order chi connectivity index (χ1) is 12.7. The van der Waals surface area contributed by atoms with Crippen LogP contribution < -0.4 is 4.72 Å². The molecule has 26 heavy (non-hydrogen) atoms. The highest BCUT2D eigenvalue weighted by Crippen LogP contribution is 2.13. The maximum Gasteiger partial charge on any atom is 0.261 e. The van der Waals surface area contributed by atoms with Crippen LogP contribution in [0.25, 0.3) is 0 Å². The van der Waals surface area contributed by atoms with Crippen molar-refractivity contribution in [3.05, 3.63) is 5.82 Å². The highest BCUT2D eigenvalue weighted by molar-refractivity contribution is 7.77. The molecule has 0 bridgehead atoms. The molecule has 1 unspecified atom stereocenters. The fourth-order valence-corrected chi connectivity index (χ4v) is 3.25. The van der Waals surface area contributed by atoms with Gasteiger partial charge in [0, 0.05) is 12.8 Å². The summed E-state index contributed by atoms with van der Waals surface area (Å²) in [5, 5.41) is 13.9. The summed E-state index contributed by atoms with van der Waals surface area (Å²) >= 11 is -2.23. The number of rotatable bonds is 17. The van der Waals surface area contributed by atoms with E-state index in [0.29, 0.717) is 6.42 Å². The number of carbonyl (C=O) groups excluding carboxylic acids is 1. The third-order valence-electron chi connectivity index (χ3n) is 4.39. The number of H-pyrrole nitrogens is 1. The van der Waals surface area contributed by atoms with Crippen LogP contribution in [0.1, 0.15) is 95.7 Å². The molecule has 8 nitrogen and oxygen atoms in total. The minimum atomic E-state index is -2.23. The fourth-order valence-electron chi connectivity index (χ4n) is 2.95. The second-order valence-corrected chi connectivity index (χ2v) is 7.40. The van der Waals surface area contributed by atoms with E-state index in [1.807, 2.05) is 4.72 Å². The number of aromatic amines is 1.